The first-order chi connectivity index (χ1) is 12.7. The van der Waals surface area contributed by atoms with Gasteiger partial charge in [-0.3, -0.25) is 9.59 Å². The number of carbonyl (C=O) groups excluding carboxylic acids is 2. The van der Waals surface area contributed by atoms with E-state index in [0.717, 1.165) is 22.6 Å². The molecule has 0 aliphatic heterocycles. The van der Waals surface area contributed by atoms with Gasteiger partial charge in [0.1, 0.15) is 10.7 Å². The third-order valence-corrected chi connectivity index (χ3v) is 5.12. The Balaban J connectivity index is 1.89. The molecule has 0 spiro atoms. The van der Waals surface area contributed by atoms with Crippen LogP contribution in [0.4, 0.5) is 10.1 Å². The van der Waals surface area contributed by atoms with E-state index in [1.807, 2.05) is 23.8 Å². The van der Waals surface area contributed by atoms with Gasteiger partial charge in [-0.25, -0.2) is 17.5 Å². The lowest BCUT2D eigenvalue weighted by Gasteiger charge is -2.17. The van der Waals surface area contributed by atoms with Crippen molar-refractivity contribution in [1.82, 2.24) is 9.62 Å². The molecule has 0 unspecified atom stereocenters. The van der Waals surface area contributed by atoms with E-state index in [1.165, 1.54) is 19.2 Å². The fraction of sp³-hybridized carbons (Fsp3) is 0.222. The highest BCUT2D eigenvalue weighted by molar-refractivity contribution is 7.89. The number of hydrogen-bond donors (Lipinski definition) is 2. The van der Waals surface area contributed by atoms with Gasteiger partial charge in [0, 0.05) is 12.7 Å². The van der Waals surface area contributed by atoms with E-state index in [4.69, 9.17) is 0 Å². The summed E-state index contributed by atoms with van der Waals surface area (Å²) in [6.07, 6.45) is 0. The Morgan fingerprint density at radius 3 is 2.33 bits per heavy atom. The number of amides is 2. The van der Waals surface area contributed by atoms with Crippen LogP contribution in [0.3, 0.4) is 0 Å². The summed E-state index contributed by atoms with van der Waals surface area (Å²) in [4.78, 5) is 24.6. The first kappa shape index (κ1) is 20.5. The van der Waals surface area contributed by atoms with E-state index < -0.39 is 39.1 Å². The van der Waals surface area contributed by atoms with E-state index in [0.29, 0.717) is 5.69 Å². The lowest BCUT2D eigenvalue weighted by molar-refractivity contribution is -0.132. The second kappa shape index (κ2) is 8.74. The van der Waals surface area contributed by atoms with Crippen LogP contribution in [0.5, 0.6) is 0 Å². The molecular weight excluding hydrogens is 373 g/mol. The SMILES string of the molecule is Cc1ccc(NC(=O)CN(C)C(=O)CNS(=O)(=O)c2ccccc2F)cc1. The molecule has 0 aliphatic carbocycles. The molecule has 0 heterocycles. The lowest BCUT2D eigenvalue weighted by Crippen LogP contribution is -2.41. The standard InChI is InChI=1S/C18H20FN3O4S/c1-13-7-9-14(10-8-13)21-17(23)12-22(2)18(24)11-20-27(25,26)16-6-4-3-5-15(16)19/h3-10,20H,11-12H2,1-2H3,(H,21,23). The maximum atomic E-state index is 13.6. The van der Waals surface area contributed by atoms with Crippen molar-refractivity contribution < 1.29 is 22.4 Å². The van der Waals surface area contributed by atoms with Crippen molar-refractivity contribution in [3.8, 4) is 0 Å². The molecule has 2 rings (SSSR count). The Morgan fingerprint density at radius 2 is 1.70 bits per heavy atom. The van der Waals surface area contributed by atoms with Gasteiger partial charge in [-0.05, 0) is 31.2 Å². The number of nitrogens with zero attached hydrogens (tertiary/aromatic N) is 1. The van der Waals surface area contributed by atoms with Gasteiger partial charge in [-0.15, -0.1) is 0 Å². The molecule has 2 amide bonds. The summed E-state index contributed by atoms with van der Waals surface area (Å²) in [5.41, 5.74) is 1.63. The average molecular weight is 393 g/mol. The highest BCUT2D eigenvalue weighted by Gasteiger charge is 2.21. The minimum absolute atomic E-state index is 0.256. The largest absolute Gasteiger partial charge is 0.335 e. The average Bonchev–Trinajstić information content (AvgIpc) is 2.61. The molecule has 144 valence electrons. The van der Waals surface area contributed by atoms with Crippen molar-refractivity contribution in [2.45, 2.75) is 11.8 Å². The zero-order valence-corrected chi connectivity index (χ0v) is 15.7. The van der Waals surface area contributed by atoms with Crippen LogP contribution < -0.4 is 10.0 Å². The molecule has 0 aliphatic rings. The molecular formula is C18H20FN3O4S. The van der Waals surface area contributed by atoms with Gasteiger partial charge in [-0.2, -0.15) is 0 Å². The Morgan fingerprint density at radius 1 is 1.07 bits per heavy atom. The van der Waals surface area contributed by atoms with E-state index in [2.05, 4.69) is 5.32 Å². The maximum absolute atomic E-state index is 13.6. The minimum atomic E-state index is -4.17. The molecule has 2 aromatic rings. The molecule has 0 radical (unpaired) electrons. The maximum Gasteiger partial charge on any atom is 0.243 e. The molecule has 9 heteroatoms. The summed E-state index contributed by atoms with van der Waals surface area (Å²) in [7, 11) is -2.80. The number of nitrogens with one attached hydrogen (secondary N) is 2. The summed E-state index contributed by atoms with van der Waals surface area (Å²) >= 11 is 0. The number of aryl methyl sites for hydroxylation is 1. The number of likely N-dealkylation sites (N-methyl/N-ethyl adjacent to an activating group) is 1. The first-order valence-corrected chi connectivity index (χ1v) is 9.52. The number of anilines is 1. The zero-order chi connectivity index (χ0) is 20.0. The number of rotatable bonds is 7. The predicted molar refractivity (Wildman–Crippen MR) is 99.0 cm³/mol. The summed E-state index contributed by atoms with van der Waals surface area (Å²) in [5, 5.41) is 2.64. The Hall–Kier alpha value is -2.78. The van der Waals surface area contributed by atoms with Crippen molar-refractivity contribution in [3.63, 3.8) is 0 Å². The first-order valence-electron chi connectivity index (χ1n) is 8.04. The smallest absolute Gasteiger partial charge is 0.243 e. The molecule has 2 N–H and O–H groups in total. The Bertz CT molecular complexity index is 930. The van der Waals surface area contributed by atoms with E-state index in [1.54, 1.807) is 12.1 Å². The predicted octanol–water partition coefficient (Wildman–Crippen LogP) is 1.51. The van der Waals surface area contributed by atoms with Crippen molar-refractivity contribution in [3.05, 3.63) is 59.9 Å². The lowest BCUT2D eigenvalue weighted by atomic mass is 10.2. The van der Waals surface area contributed by atoms with E-state index in [-0.39, 0.29) is 6.54 Å². The van der Waals surface area contributed by atoms with Crippen molar-refractivity contribution in [2.24, 2.45) is 0 Å². The van der Waals surface area contributed by atoms with Crippen LogP contribution in [0.1, 0.15) is 5.56 Å². The van der Waals surface area contributed by atoms with Gasteiger partial charge in [0.15, 0.2) is 0 Å². The fourth-order valence-corrected chi connectivity index (χ4v) is 3.22. The quantitative estimate of drug-likeness (QED) is 0.745. The second-order valence-electron chi connectivity index (χ2n) is 5.92. The third-order valence-electron chi connectivity index (χ3n) is 3.68. The molecule has 0 fully saturated rings. The van der Waals surface area contributed by atoms with Crippen molar-refractivity contribution in [1.29, 1.82) is 0 Å². The fourth-order valence-electron chi connectivity index (χ4n) is 2.17. The number of carbonyl (C=O) groups is 2. The molecule has 2 aromatic carbocycles. The van der Waals surface area contributed by atoms with Crippen molar-refractivity contribution >= 4 is 27.5 Å². The molecule has 0 saturated heterocycles. The number of sulfonamides is 1. The van der Waals surface area contributed by atoms with Gasteiger partial charge >= 0.3 is 0 Å². The van der Waals surface area contributed by atoms with Crippen LogP contribution in [-0.2, 0) is 19.6 Å². The molecule has 27 heavy (non-hydrogen) atoms. The molecule has 0 bridgehead atoms. The summed E-state index contributed by atoms with van der Waals surface area (Å²) in [6.45, 7) is 1.07. The number of benzene rings is 2. The van der Waals surface area contributed by atoms with E-state index in [9.17, 15) is 22.4 Å². The molecule has 0 aromatic heterocycles. The number of halogens is 1. The zero-order valence-electron chi connectivity index (χ0n) is 14.9. The summed E-state index contributed by atoms with van der Waals surface area (Å²) < 4.78 is 39.8. The van der Waals surface area contributed by atoms with Crippen molar-refractivity contribution in [2.75, 3.05) is 25.5 Å². The Labute approximate surface area is 157 Å². The number of hydrogen-bond acceptors (Lipinski definition) is 4. The van der Waals surface area contributed by atoms with Crippen LogP contribution in [0.2, 0.25) is 0 Å². The molecule has 7 nitrogen and oxygen atoms in total. The Kier molecular flexibility index (Phi) is 6.65. The van der Waals surface area contributed by atoms with Crippen LogP contribution >= 0.6 is 0 Å². The monoisotopic (exact) mass is 393 g/mol. The van der Waals surface area contributed by atoms with Gasteiger partial charge in [0.2, 0.25) is 21.8 Å². The normalized spacial score (nSPS) is 11.1. The van der Waals surface area contributed by atoms with E-state index >= 15 is 0 Å². The summed E-state index contributed by atoms with van der Waals surface area (Å²) in [6, 6.07) is 12.0. The minimum Gasteiger partial charge on any atom is -0.335 e. The van der Waals surface area contributed by atoms with Crippen LogP contribution in [0.25, 0.3) is 0 Å². The van der Waals surface area contributed by atoms with Crippen LogP contribution in [-0.4, -0.2) is 45.3 Å². The van der Waals surface area contributed by atoms with Crippen LogP contribution in [0.15, 0.2) is 53.4 Å². The molecule has 0 saturated carbocycles. The molecule has 0 atom stereocenters. The van der Waals surface area contributed by atoms with Gasteiger partial charge in [0.25, 0.3) is 0 Å². The summed E-state index contributed by atoms with van der Waals surface area (Å²) in [5.74, 6) is -1.97. The third kappa shape index (κ3) is 5.87. The van der Waals surface area contributed by atoms with Gasteiger partial charge in [-0.1, -0.05) is 29.8 Å². The highest BCUT2D eigenvalue weighted by atomic mass is 32.2. The second-order valence-corrected chi connectivity index (χ2v) is 7.65. The topological polar surface area (TPSA) is 95.6 Å². The van der Waals surface area contributed by atoms with Crippen LogP contribution in [0, 0.1) is 12.7 Å². The highest BCUT2D eigenvalue weighted by Crippen LogP contribution is 2.13. The van der Waals surface area contributed by atoms with Gasteiger partial charge < -0.3 is 10.2 Å². The van der Waals surface area contributed by atoms with Gasteiger partial charge in [0.05, 0.1) is 13.1 Å².